The lowest BCUT2D eigenvalue weighted by atomic mass is 10.1. The van der Waals surface area contributed by atoms with E-state index in [1.165, 1.54) is 0 Å². The van der Waals surface area contributed by atoms with E-state index in [0.717, 1.165) is 12.8 Å². The average molecular weight is 133 g/mol. The topological polar surface area (TPSA) is 35.2 Å². The van der Waals surface area contributed by atoms with Crippen molar-refractivity contribution in [1.82, 2.24) is 0 Å². The van der Waals surface area contributed by atoms with Crippen LogP contribution < -0.4 is 5.90 Å². The minimum atomic E-state index is -0.247. The van der Waals surface area contributed by atoms with E-state index in [2.05, 4.69) is 4.84 Å². The maximum absolute atomic E-state index is 11.8. The monoisotopic (exact) mass is 133 g/mol. The van der Waals surface area contributed by atoms with E-state index in [4.69, 9.17) is 5.90 Å². The van der Waals surface area contributed by atoms with Crippen molar-refractivity contribution >= 4 is 0 Å². The van der Waals surface area contributed by atoms with Crippen LogP contribution in [0.15, 0.2) is 0 Å². The number of rotatable bonds is 4. The van der Waals surface area contributed by atoms with E-state index in [1.807, 2.05) is 0 Å². The Morgan fingerprint density at radius 3 is 2.56 bits per heavy atom. The Labute approximate surface area is 54.1 Å². The van der Waals surface area contributed by atoms with Crippen LogP contribution in [-0.2, 0) is 4.84 Å². The van der Waals surface area contributed by atoms with E-state index in [0.29, 0.717) is 13.0 Å². The molecule has 1 fully saturated rings. The molecule has 0 aromatic heterocycles. The molecule has 54 valence electrons. The Hall–Kier alpha value is -0.150. The summed E-state index contributed by atoms with van der Waals surface area (Å²) in [6, 6.07) is 0. The maximum Gasteiger partial charge on any atom is 0.0900 e. The highest BCUT2D eigenvalue weighted by molar-refractivity contribution is 4.92. The van der Waals surface area contributed by atoms with Gasteiger partial charge in [-0.2, -0.15) is 0 Å². The molecule has 0 aliphatic heterocycles. The van der Waals surface area contributed by atoms with Gasteiger partial charge >= 0.3 is 0 Å². The van der Waals surface area contributed by atoms with Crippen molar-refractivity contribution in [2.45, 2.75) is 19.3 Å². The zero-order chi connectivity index (χ0) is 6.74. The molecule has 0 unspecified atom stereocenters. The second kappa shape index (κ2) is 2.62. The summed E-state index contributed by atoms with van der Waals surface area (Å²) in [5.41, 5.74) is 0.128. The molecule has 2 N–H and O–H groups in total. The highest BCUT2D eigenvalue weighted by Crippen LogP contribution is 2.48. The van der Waals surface area contributed by atoms with E-state index in [1.54, 1.807) is 0 Å². The lowest BCUT2D eigenvalue weighted by Gasteiger charge is -2.08. The summed E-state index contributed by atoms with van der Waals surface area (Å²) in [6.07, 6.45) is 2.77. The van der Waals surface area contributed by atoms with Gasteiger partial charge < -0.3 is 4.84 Å². The van der Waals surface area contributed by atoms with Crippen LogP contribution in [0, 0.1) is 5.41 Å². The molecule has 0 saturated heterocycles. The maximum atomic E-state index is 11.8. The summed E-state index contributed by atoms with van der Waals surface area (Å²) < 4.78 is 11.8. The highest BCUT2D eigenvalue weighted by atomic mass is 19.1. The first-order valence-corrected chi connectivity index (χ1v) is 3.21. The van der Waals surface area contributed by atoms with Crippen LogP contribution >= 0.6 is 0 Å². The van der Waals surface area contributed by atoms with E-state index < -0.39 is 0 Å². The third kappa shape index (κ3) is 1.63. The van der Waals surface area contributed by atoms with Gasteiger partial charge in [-0.15, -0.1) is 0 Å². The molecule has 1 saturated carbocycles. The molecule has 0 spiro atoms. The second-order valence-corrected chi connectivity index (χ2v) is 2.75. The molecule has 9 heavy (non-hydrogen) atoms. The molecule has 1 rings (SSSR count). The Bertz CT molecular complexity index is 85.1. The molecule has 2 nitrogen and oxygen atoms in total. The first-order chi connectivity index (χ1) is 4.33. The number of halogens is 1. The number of alkyl halides is 1. The van der Waals surface area contributed by atoms with E-state index in [-0.39, 0.29) is 12.1 Å². The molecular formula is C6H12FNO. The SMILES string of the molecule is NOCC1(CCF)CC1. The smallest absolute Gasteiger partial charge is 0.0900 e. The van der Waals surface area contributed by atoms with E-state index >= 15 is 0 Å². The fraction of sp³-hybridized carbons (Fsp3) is 1.00. The minimum Gasteiger partial charge on any atom is -0.304 e. The average Bonchev–Trinajstić information content (AvgIpc) is 2.51. The molecule has 0 aromatic rings. The molecule has 1 aliphatic rings. The quantitative estimate of drug-likeness (QED) is 0.581. The molecule has 0 atom stereocenters. The van der Waals surface area contributed by atoms with Crippen LogP contribution in [0.3, 0.4) is 0 Å². The summed E-state index contributed by atoms with van der Waals surface area (Å²) in [6.45, 7) is 0.278. The second-order valence-electron chi connectivity index (χ2n) is 2.75. The minimum absolute atomic E-state index is 0.128. The lowest BCUT2D eigenvalue weighted by Crippen LogP contribution is -2.14. The Kier molecular flexibility index (Phi) is 2.03. The normalized spacial score (nSPS) is 22.0. The van der Waals surface area contributed by atoms with Crippen molar-refractivity contribution in [3.05, 3.63) is 0 Å². The van der Waals surface area contributed by atoms with Crippen LogP contribution in [-0.4, -0.2) is 13.3 Å². The first kappa shape index (κ1) is 6.96. The van der Waals surface area contributed by atoms with Gasteiger partial charge in [-0.25, -0.2) is 5.90 Å². The summed E-state index contributed by atoms with van der Waals surface area (Å²) in [4.78, 5) is 4.46. The van der Waals surface area contributed by atoms with Gasteiger partial charge in [-0.05, 0) is 24.7 Å². The van der Waals surface area contributed by atoms with E-state index in [9.17, 15) is 4.39 Å². The third-order valence-electron chi connectivity index (χ3n) is 1.97. The molecule has 0 aromatic carbocycles. The van der Waals surface area contributed by atoms with Crippen molar-refractivity contribution in [3.8, 4) is 0 Å². The molecule has 0 amide bonds. The van der Waals surface area contributed by atoms with Crippen molar-refractivity contribution < 1.29 is 9.23 Å². The number of hydrogen-bond donors (Lipinski definition) is 1. The van der Waals surface area contributed by atoms with Crippen LogP contribution in [0.2, 0.25) is 0 Å². The van der Waals surface area contributed by atoms with Crippen LogP contribution in [0.5, 0.6) is 0 Å². The van der Waals surface area contributed by atoms with Gasteiger partial charge in [0.05, 0.1) is 13.3 Å². The van der Waals surface area contributed by atoms with Crippen molar-refractivity contribution in [2.75, 3.05) is 13.3 Å². The van der Waals surface area contributed by atoms with Gasteiger partial charge in [0.2, 0.25) is 0 Å². The van der Waals surface area contributed by atoms with Crippen LogP contribution in [0.25, 0.3) is 0 Å². The molecule has 0 heterocycles. The molecule has 0 radical (unpaired) electrons. The lowest BCUT2D eigenvalue weighted by molar-refractivity contribution is 0.0849. The molecule has 0 bridgehead atoms. The Morgan fingerprint density at radius 2 is 2.22 bits per heavy atom. The van der Waals surface area contributed by atoms with Gasteiger partial charge in [0.1, 0.15) is 0 Å². The summed E-state index contributed by atoms with van der Waals surface area (Å²) in [5, 5.41) is 0. The zero-order valence-corrected chi connectivity index (χ0v) is 5.40. The van der Waals surface area contributed by atoms with Gasteiger partial charge in [0.15, 0.2) is 0 Å². The third-order valence-corrected chi connectivity index (χ3v) is 1.97. The first-order valence-electron chi connectivity index (χ1n) is 3.21. The zero-order valence-electron chi connectivity index (χ0n) is 5.40. The number of nitrogens with two attached hydrogens (primary N) is 1. The fourth-order valence-corrected chi connectivity index (χ4v) is 1.02. The molecular weight excluding hydrogens is 121 g/mol. The predicted octanol–water partition coefficient (Wildman–Crippen LogP) is 1.02. The van der Waals surface area contributed by atoms with Gasteiger partial charge in [-0.3, -0.25) is 4.39 Å². The fourth-order valence-electron chi connectivity index (χ4n) is 1.02. The summed E-state index contributed by atoms with van der Waals surface area (Å²) in [7, 11) is 0. The molecule has 3 heteroatoms. The number of hydrogen-bond acceptors (Lipinski definition) is 2. The summed E-state index contributed by atoms with van der Waals surface area (Å²) >= 11 is 0. The molecule has 1 aliphatic carbocycles. The summed E-state index contributed by atoms with van der Waals surface area (Å²) in [5.74, 6) is 4.86. The van der Waals surface area contributed by atoms with Crippen molar-refractivity contribution in [2.24, 2.45) is 11.3 Å². The Morgan fingerprint density at radius 1 is 1.56 bits per heavy atom. The van der Waals surface area contributed by atoms with Crippen LogP contribution in [0.4, 0.5) is 4.39 Å². The van der Waals surface area contributed by atoms with Gasteiger partial charge in [-0.1, -0.05) is 0 Å². The van der Waals surface area contributed by atoms with Crippen LogP contribution in [0.1, 0.15) is 19.3 Å². The highest BCUT2D eigenvalue weighted by Gasteiger charge is 2.42. The van der Waals surface area contributed by atoms with Crippen molar-refractivity contribution in [3.63, 3.8) is 0 Å². The Balaban J connectivity index is 2.17. The predicted molar refractivity (Wildman–Crippen MR) is 32.4 cm³/mol. The van der Waals surface area contributed by atoms with Gasteiger partial charge in [0.25, 0.3) is 0 Å². The largest absolute Gasteiger partial charge is 0.304 e. The standard InChI is InChI=1S/C6H12FNO/c7-4-3-6(1-2-6)5-9-8/h1-5,8H2. The van der Waals surface area contributed by atoms with Gasteiger partial charge in [0, 0.05) is 0 Å². The van der Waals surface area contributed by atoms with Crippen molar-refractivity contribution in [1.29, 1.82) is 0 Å².